The first-order valence-electron chi connectivity index (χ1n) is 5.06. The zero-order valence-corrected chi connectivity index (χ0v) is 10.7. The van der Waals surface area contributed by atoms with Crippen molar-refractivity contribution in [2.75, 3.05) is 22.6 Å². The summed E-state index contributed by atoms with van der Waals surface area (Å²) in [5.41, 5.74) is 6.76. The van der Waals surface area contributed by atoms with Crippen molar-refractivity contribution in [1.82, 2.24) is 0 Å². The van der Waals surface area contributed by atoms with Crippen LogP contribution in [0.25, 0.3) is 0 Å². The number of nitrogens with two attached hydrogens (primary N) is 1. The van der Waals surface area contributed by atoms with E-state index in [1.54, 1.807) is 30.0 Å². The first-order valence-corrected chi connectivity index (χ1v) is 6.59. The molecule has 0 aliphatic carbocycles. The van der Waals surface area contributed by atoms with Crippen LogP contribution in [0.4, 0.5) is 11.4 Å². The fraction of sp³-hybridized carbons (Fsp3) is 0.364. The van der Waals surface area contributed by atoms with Crippen LogP contribution in [0, 0.1) is 0 Å². The summed E-state index contributed by atoms with van der Waals surface area (Å²) in [6, 6.07) is 5.04. The number of carbonyl (C=O) groups is 1. The van der Waals surface area contributed by atoms with Crippen LogP contribution in [0.2, 0.25) is 5.02 Å². The number of nitrogens with one attached hydrogen (secondary N) is 1. The standard InChI is InChI=1S/C11H15ClN2OS/c1-2-16-6-5-11(15)14-10-4-3-8(13)7-9(10)12/h3-4,7H,2,5-6,13H2,1H3,(H,14,15). The zero-order valence-electron chi connectivity index (χ0n) is 9.13. The van der Waals surface area contributed by atoms with Crippen molar-refractivity contribution < 1.29 is 4.79 Å². The molecule has 3 N–H and O–H groups in total. The van der Waals surface area contributed by atoms with Crippen LogP contribution in [-0.4, -0.2) is 17.4 Å². The highest BCUT2D eigenvalue weighted by molar-refractivity contribution is 7.99. The number of thioether (sulfide) groups is 1. The highest BCUT2D eigenvalue weighted by Gasteiger charge is 2.05. The minimum absolute atomic E-state index is 0.0207. The molecule has 1 amide bonds. The predicted octanol–water partition coefficient (Wildman–Crippen LogP) is 3.00. The van der Waals surface area contributed by atoms with Gasteiger partial charge in [-0.3, -0.25) is 4.79 Å². The maximum absolute atomic E-state index is 11.5. The van der Waals surface area contributed by atoms with Crippen LogP contribution in [0.15, 0.2) is 18.2 Å². The summed E-state index contributed by atoms with van der Waals surface area (Å²) in [7, 11) is 0. The van der Waals surface area contributed by atoms with Crippen molar-refractivity contribution >= 4 is 40.6 Å². The fourth-order valence-electron chi connectivity index (χ4n) is 1.15. The van der Waals surface area contributed by atoms with Crippen LogP contribution >= 0.6 is 23.4 Å². The molecule has 0 radical (unpaired) electrons. The van der Waals surface area contributed by atoms with Crippen molar-refractivity contribution in [3.8, 4) is 0 Å². The molecule has 0 unspecified atom stereocenters. The van der Waals surface area contributed by atoms with Gasteiger partial charge in [-0.05, 0) is 24.0 Å². The van der Waals surface area contributed by atoms with Gasteiger partial charge in [0, 0.05) is 17.9 Å². The Balaban J connectivity index is 2.49. The van der Waals surface area contributed by atoms with Crippen molar-refractivity contribution in [3.63, 3.8) is 0 Å². The number of nitrogen functional groups attached to an aromatic ring is 1. The molecular weight excluding hydrogens is 244 g/mol. The average molecular weight is 259 g/mol. The maximum Gasteiger partial charge on any atom is 0.225 e. The Kier molecular flexibility index (Phi) is 5.49. The highest BCUT2D eigenvalue weighted by Crippen LogP contribution is 2.24. The number of hydrogen-bond donors (Lipinski definition) is 2. The van der Waals surface area contributed by atoms with E-state index in [9.17, 15) is 4.79 Å². The number of amides is 1. The van der Waals surface area contributed by atoms with Gasteiger partial charge in [0.05, 0.1) is 10.7 Å². The smallest absolute Gasteiger partial charge is 0.225 e. The summed E-state index contributed by atoms with van der Waals surface area (Å²) in [6.07, 6.45) is 0.499. The molecule has 5 heteroatoms. The van der Waals surface area contributed by atoms with Gasteiger partial charge in [-0.1, -0.05) is 18.5 Å². The van der Waals surface area contributed by atoms with E-state index in [2.05, 4.69) is 12.2 Å². The lowest BCUT2D eigenvalue weighted by molar-refractivity contribution is -0.115. The number of carbonyl (C=O) groups excluding carboxylic acids is 1. The van der Waals surface area contributed by atoms with Crippen LogP contribution in [0.1, 0.15) is 13.3 Å². The van der Waals surface area contributed by atoms with Crippen LogP contribution < -0.4 is 11.1 Å². The van der Waals surface area contributed by atoms with Crippen LogP contribution in [-0.2, 0) is 4.79 Å². The van der Waals surface area contributed by atoms with E-state index in [0.717, 1.165) is 11.5 Å². The normalized spacial score (nSPS) is 10.1. The Morgan fingerprint density at radius 2 is 2.31 bits per heavy atom. The molecule has 0 bridgehead atoms. The quantitative estimate of drug-likeness (QED) is 0.631. The molecule has 0 heterocycles. The third-order valence-corrected chi connectivity index (χ3v) is 3.16. The Morgan fingerprint density at radius 3 is 2.94 bits per heavy atom. The second-order valence-corrected chi connectivity index (χ2v) is 5.04. The van der Waals surface area contributed by atoms with E-state index < -0.39 is 0 Å². The second-order valence-electron chi connectivity index (χ2n) is 3.23. The molecule has 3 nitrogen and oxygen atoms in total. The number of hydrogen-bond acceptors (Lipinski definition) is 3. The van der Waals surface area contributed by atoms with Crippen molar-refractivity contribution in [1.29, 1.82) is 0 Å². The number of rotatable bonds is 5. The Morgan fingerprint density at radius 1 is 1.56 bits per heavy atom. The molecule has 0 spiro atoms. The van der Waals surface area contributed by atoms with Gasteiger partial charge in [0.1, 0.15) is 0 Å². The minimum Gasteiger partial charge on any atom is -0.399 e. The molecule has 0 aliphatic heterocycles. The largest absolute Gasteiger partial charge is 0.399 e. The maximum atomic E-state index is 11.5. The summed E-state index contributed by atoms with van der Waals surface area (Å²) in [4.78, 5) is 11.5. The highest BCUT2D eigenvalue weighted by atomic mass is 35.5. The van der Waals surface area contributed by atoms with Crippen molar-refractivity contribution in [3.05, 3.63) is 23.2 Å². The molecule has 0 aromatic heterocycles. The predicted molar refractivity (Wildman–Crippen MR) is 72.1 cm³/mol. The summed E-state index contributed by atoms with van der Waals surface area (Å²) in [5.74, 6) is 1.83. The fourth-order valence-corrected chi connectivity index (χ4v) is 2.01. The minimum atomic E-state index is -0.0207. The second kappa shape index (κ2) is 6.66. The van der Waals surface area contributed by atoms with Gasteiger partial charge in [0.2, 0.25) is 5.91 Å². The first-order chi connectivity index (χ1) is 7.63. The third-order valence-electron chi connectivity index (χ3n) is 1.94. The molecule has 16 heavy (non-hydrogen) atoms. The number of anilines is 2. The molecule has 1 aromatic rings. The van der Waals surface area contributed by atoms with Crippen molar-refractivity contribution in [2.45, 2.75) is 13.3 Å². The molecular formula is C11H15ClN2OS. The number of benzene rings is 1. The van der Waals surface area contributed by atoms with Gasteiger partial charge >= 0.3 is 0 Å². The summed E-state index contributed by atoms with van der Waals surface area (Å²) >= 11 is 7.67. The average Bonchev–Trinajstić information content (AvgIpc) is 2.23. The zero-order chi connectivity index (χ0) is 12.0. The lowest BCUT2D eigenvalue weighted by Gasteiger charge is -2.07. The van der Waals surface area contributed by atoms with Gasteiger partial charge < -0.3 is 11.1 Å². The summed E-state index contributed by atoms with van der Waals surface area (Å²) < 4.78 is 0. The Labute approximate surface area is 105 Å². The van der Waals surface area contributed by atoms with Crippen LogP contribution in [0.5, 0.6) is 0 Å². The van der Waals surface area contributed by atoms with E-state index in [0.29, 0.717) is 22.8 Å². The molecule has 88 valence electrons. The van der Waals surface area contributed by atoms with Gasteiger partial charge in [0.25, 0.3) is 0 Å². The van der Waals surface area contributed by atoms with Gasteiger partial charge in [-0.25, -0.2) is 0 Å². The lowest BCUT2D eigenvalue weighted by Crippen LogP contribution is -2.12. The van der Waals surface area contributed by atoms with E-state index in [-0.39, 0.29) is 5.91 Å². The third kappa shape index (κ3) is 4.33. The molecule has 0 fully saturated rings. The van der Waals surface area contributed by atoms with E-state index in [1.165, 1.54) is 0 Å². The molecule has 0 atom stereocenters. The monoisotopic (exact) mass is 258 g/mol. The molecule has 1 aromatic carbocycles. The molecule has 1 rings (SSSR count). The topological polar surface area (TPSA) is 55.1 Å². The van der Waals surface area contributed by atoms with Crippen molar-refractivity contribution in [2.24, 2.45) is 0 Å². The SMILES string of the molecule is CCSCCC(=O)Nc1ccc(N)cc1Cl. The Hall–Kier alpha value is -0.870. The molecule has 0 aliphatic rings. The lowest BCUT2D eigenvalue weighted by atomic mass is 10.3. The Bertz CT molecular complexity index is 371. The summed E-state index contributed by atoms with van der Waals surface area (Å²) in [5, 5.41) is 3.23. The van der Waals surface area contributed by atoms with Crippen LogP contribution in [0.3, 0.4) is 0 Å². The molecule has 0 saturated carbocycles. The van der Waals surface area contributed by atoms with Gasteiger partial charge in [-0.2, -0.15) is 11.8 Å². The first kappa shape index (κ1) is 13.2. The van der Waals surface area contributed by atoms with Gasteiger partial charge in [0.15, 0.2) is 0 Å². The molecule has 0 saturated heterocycles. The summed E-state index contributed by atoms with van der Waals surface area (Å²) in [6.45, 7) is 2.07. The number of halogens is 1. The van der Waals surface area contributed by atoms with E-state index in [4.69, 9.17) is 17.3 Å². The van der Waals surface area contributed by atoms with Gasteiger partial charge in [-0.15, -0.1) is 0 Å². The van der Waals surface area contributed by atoms with E-state index >= 15 is 0 Å². The van der Waals surface area contributed by atoms with E-state index in [1.807, 2.05) is 0 Å².